The Kier molecular flexibility index (Phi) is 5.32. The van der Waals surface area contributed by atoms with E-state index in [2.05, 4.69) is 34.2 Å². The molecule has 0 fully saturated rings. The number of unbranched alkanes of at least 4 members (excludes halogenated alkanes) is 2. The molecule has 86 valence electrons. The van der Waals surface area contributed by atoms with Gasteiger partial charge in [-0.05, 0) is 19.9 Å². The second kappa shape index (κ2) is 6.56. The lowest BCUT2D eigenvalue weighted by atomic mass is 10.2. The van der Waals surface area contributed by atoms with Crippen LogP contribution in [0.4, 0.5) is 0 Å². The van der Waals surface area contributed by atoms with Gasteiger partial charge in [-0.2, -0.15) is 0 Å². The minimum absolute atomic E-state index is 0.816. The van der Waals surface area contributed by atoms with Crippen molar-refractivity contribution in [1.29, 1.82) is 0 Å². The van der Waals surface area contributed by atoms with E-state index >= 15 is 0 Å². The maximum Gasteiger partial charge on any atom is 0.0996 e. The lowest BCUT2D eigenvalue weighted by Gasteiger charge is -2.05. The molecule has 1 aromatic rings. The Hall–Kier alpha value is -0.900. The van der Waals surface area contributed by atoms with Crippen molar-refractivity contribution >= 4 is 0 Å². The third-order valence-electron chi connectivity index (χ3n) is 2.57. The Balaban J connectivity index is 2.62. The van der Waals surface area contributed by atoms with Gasteiger partial charge in [0.1, 0.15) is 0 Å². The van der Waals surface area contributed by atoms with Gasteiger partial charge < -0.3 is 5.32 Å². The Bertz CT molecular complexity index is 280. The average Bonchev–Trinajstić information content (AvgIpc) is 2.62. The molecule has 0 aromatic carbocycles. The number of nitrogens with one attached hydrogen (secondary N) is 1. The van der Waals surface area contributed by atoms with Crippen LogP contribution in [0.3, 0.4) is 0 Å². The van der Waals surface area contributed by atoms with Crippen molar-refractivity contribution in [2.75, 3.05) is 7.05 Å². The Morgan fingerprint density at radius 1 is 1.27 bits per heavy atom. The summed E-state index contributed by atoms with van der Waals surface area (Å²) in [4.78, 5) is 0. The largest absolute Gasteiger partial charge is 0.314 e. The van der Waals surface area contributed by atoms with Crippen LogP contribution in [-0.4, -0.2) is 22.0 Å². The highest BCUT2D eigenvalue weighted by atomic mass is 15.4. The first kappa shape index (κ1) is 12.2. The minimum Gasteiger partial charge on any atom is -0.314 e. The first-order chi connectivity index (χ1) is 7.33. The summed E-state index contributed by atoms with van der Waals surface area (Å²) in [6, 6.07) is 0. The van der Waals surface area contributed by atoms with E-state index in [9.17, 15) is 0 Å². The number of rotatable bonds is 7. The molecule has 0 aliphatic rings. The Labute approximate surface area is 92.1 Å². The van der Waals surface area contributed by atoms with Crippen LogP contribution >= 0.6 is 0 Å². The fraction of sp³-hybridized carbons (Fsp3) is 0.818. The van der Waals surface area contributed by atoms with E-state index in [0.29, 0.717) is 0 Å². The van der Waals surface area contributed by atoms with E-state index in [0.717, 1.165) is 25.2 Å². The summed E-state index contributed by atoms with van der Waals surface area (Å²) in [6.07, 6.45) is 4.73. The zero-order valence-corrected chi connectivity index (χ0v) is 10.1. The number of hydrogen-bond donors (Lipinski definition) is 1. The molecular formula is C11H22N4. The van der Waals surface area contributed by atoms with Gasteiger partial charge in [-0.25, -0.2) is 4.68 Å². The molecule has 1 heterocycles. The molecular weight excluding hydrogens is 188 g/mol. The summed E-state index contributed by atoms with van der Waals surface area (Å²) < 4.78 is 2.06. The molecule has 0 atom stereocenters. The van der Waals surface area contributed by atoms with E-state index in [1.807, 2.05) is 7.05 Å². The molecule has 0 bridgehead atoms. The van der Waals surface area contributed by atoms with E-state index in [4.69, 9.17) is 0 Å². The minimum atomic E-state index is 0.816. The smallest absolute Gasteiger partial charge is 0.0996 e. The van der Waals surface area contributed by atoms with Gasteiger partial charge in [-0.15, -0.1) is 5.10 Å². The van der Waals surface area contributed by atoms with Gasteiger partial charge in [-0.1, -0.05) is 31.9 Å². The van der Waals surface area contributed by atoms with Crippen LogP contribution < -0.4 is 5.32 Å². The first-order valence-electron chi connectivity index (χ1n) is 5.89. The topological polar surface area (TPSA) is 42.7 Å². The predicted molar refractivity (Wildman–Crippen MR) is 61.7 cm³/mol. The quantitative estimate of drug-likeness (QED) is 0.697. The fourth-order valence-corrected chi connectivity index (χ4v) is 1.75. The first-order valence-corrected chi connectivity index (χ1v) is 5.89. The molecule has 0 saturated heterocycles. The molecule has 0 saturated carbocycles. The second-order valence-corrected chi connectivity index (χ2v) is 3.80. The zero-order chi connectivity index (χ0) is 11.1. The monoisotopic (exact) mass is 210 g/mol. The maximum absolute atomic E-state index is 4.21. The highest BCUT2D eigenvalue weighted by Crippen LogP contribution is 2.08. The number of nitrogens with zero attached hydrogens (tertiary/aromatic N) is 3. The third-order valence-corrected chi connectivity index (χ3v) is 2.57. The molecule has 1 aromatic heterocycles. The van der Waals surface area contributed by atoms with Gasteiger partial charge in [0.25, 0.3) is 0 Å². The van der Waals surface area contributed by atoms with Crippen molar-refractivity contribution in [2.24, 2.45) is 0 Å². The van der Waals surface area contributed by atoms with Gasteiger partial charge in [0.05, 0.1) is 11.4 Å². The molecule has 4 nitrogen and oxygen atoms in total. The molecule has 0 aliphatic carbocycles. The fourth-order valence-electron chi connectivity index (χ4n) is 1.75. The van der Waals surface area contributed by atoms with E-state index in [1.165, 1.54) is 25.0 Å². The molecule has 4 heteroatoms. The van der Waals surface area contributed by atoms with E-state index < -0.39 is 0 Å². The highest BCUT2D eigenvalue weighted by Gasteiger charge is 2.09. The maximum atomic E-state index is 4.21. The number of hydrogen-bond acceptors (Lipinski definition) is 3. The molecule has 0 spiro atoms. The zero-order valence-electron chi connectivity index (χ0n) is 10.1. The summed E-state index contributed by atoms with van der Waals surface area (Å²) in [6.45, 7) is 6.20. The summed E-state index contributed by atoms with van der Waals surface area (Å²) in [7, 11) is 1.94. The normalized spacial score (nSPS) is 10.9. The molecule has 0 unspecified atom stereocenters. The van der Waals surface area contributed by atoms with Crippen molar-refractivity contribution in [3.05, 3.63) is 11.4 Å². The molecule has 0 radical (unpaired) electrons. The molecule has 15 heavy (non-hydrogen) atoms. The Morgan fingerprint density at radius 3 is 2.67 bits per heavy atom. The van der Waals surface area contributed by atoms with Crippen molar-refractivity contribution < 1.29 is 0 Å². The van der Waals surface area contributed by atoms with Gasteiger partial charge in [0.2, 0.25) is 0 Å². The van der Waals surface area contributed by atoms with Crippen LogP contribution in [0.5, 0.6) is 0 Å². The van der Waals surface area contributed by atoms with E-state index in [1.54, 1.807) is 0 Å². The van der Waals surface area contributed by atoms with E-state index in [-0.39, 0.29) is 0 Å². The van der Waals surface area contributed by atoms with Crippen LogP contribution in [0.1, 0.15) is 44.5 Å². The highest BCUT2D eigenvalue weighted by molar-refractivity contribution is 5.09. The standard InChI is InChI=1S/C11H22N4/c1-4-6-7-8-15-11(5-2)10(9-12-3)13-14-15/h12H,4-9H2,1-3H3. The second-order valence-electron chi connectivity index (χ2n) is 3.80. The van der Waals surface area contributed by atoms with Gasteiger partial charge >= 0.3 is 0 Å². The van der Waals surface area contributed by atoms with Crippen molar-refractivity contribution in [3.8, 4) is 0 Å². The number of aromatic nitrogens is 3. The third kappa shape index (κ3) is 3.30. The lowest BCUT2D eigenvalue weighted by Crippen LogP contribution is -2.10. The van der Waals surface area contributed by atoms with Crippen LogP contribution in [0.2, 0.25) is 0 Å². The lowest BCUT2D eigenvalue weighted by molar-refractivity contribution is 0.521. The van der Waals surface area contributed by atoms with Crippen molar-refractivity contribution in [1.82, 2.24) is 20.3 Å². The molecule has 1 rings (SSSR count). The predicted octanol–water partition coefficient (Wildman–Crippen LogP) is 1.75. The van der Waals surface area contributed by atoms with Crippen LogP contribution in [0.15, 0.2) is 0 Å². The van der Waals surface area contributed by atoms with Crippen LogP contribution in [0.25, 0.3) is 0 Å². The average molecular weight is 210 g/mol. The summed E-state index contributed by atoms with van der Waals surface area (Å²) >= 11 is 0. The van der Waals surface area contributed by atoms with Crippen molar-refractivity contribution in [3.63, 3.8) is 0 Å². The molecule has 0 amide bonds. The van der Waals surface area contributed by atoms with Gasteiger partial charge in [-0.3, -0.25) is 0 Å². The van der Waals surface area contributed by atoms with Crippen molar-refractivity contribution in [2.45, 2.75) is 52.6 Å². The van der Waals surface area contributed by atoms with Gasteiger partial charge in [0.15, 0.2) is 0 Å². The molecule has 1 N–H and O–H groups in total. The van der Waals surface area contributed by atoms with Crippen LogP contribution in [-0.2, 0) is 19.5 Å². The summed E-state index contributed by atoms with van der Waals surface area (Å²) in [5.74, 6) is 0. The SMILES string of the molecule is CCCCCn1nnc(CNC)c1CC. The Morgan fingerprint density at radius 2 is 2.07 bits per heavy atom. The summed E-state index contributed by atoms with van der Waals surface area (Å²) in [5, 5.41) is 11.5. The van der Waals surface area contributed by atoms with Crippen LogP contribution in [0, 0.1) is 0 Å². The number of aryl methyl sites for hydroxylation is 1. The molecule has 0 aliphatic heterocycles. The summed E-state index contributed by atoms with van der Waals surface area (Å²) in [5.41, 5.74) is 2.37. The van der Waals surface area contributed by atoms with Gasteiger partial charge in [0, 0.05) is 13.1 Å².